The number of aromatic nitrogens is 1. The molecule has 0 aliphatic heterocycles. The van der Waals surface area contributed by atoms with E-state index >= 15 is 0 Å². The molecule has 6 heteroatoms. The predicted molar refractivity (Wildman–Crippen MR) is 105 cm³/mol. The summed E-state index contributed by atoms with van der Waals surface area (Å²) in [5, 5.41) is 2.83. The van der Waals surface area contributed by atoms with Gasteiger partial charge in [0.1, 0.15) is 10.6 Å². The molecule has 26 heavy (non-hydrogen) atoms. The molecule has 0 bridgehead atoms. The highest BCUT2D eigenvalue weighted by Gasteiger charge is 2.18. The molecular formula is C20H20N2O3S. The number of nitrogens with one attached hydrogen (secondary N) is 1. The minimum absolute atomic E-state index is 0.136. The van der Waals surface area contributed by atoms with Crippen LogP contribution in [0.2, 0.25) is 0 Å². The van der Waals surface area contributed by atoms with E-state index in [0.717, 1.165) is 16.9 Å². The van der Waals surface area contributed by atoms with Crippen molar-refractivity contribution < 1.29 is 9.53 Å². The van der Waals surface area contributed by atoms with Crippen LogP contribution >= 0.6 is 11.3 Å². The van der Waals surface area contributed by atoms with Gasteiger partial charge >= 0.3 is 4.87 Å². The summed E-state index contributed by atoms with van der Waals surface area (Å²) in [4.78, 5) is 25.2. The van der Waals surface area contributed by atoms with Crippen LogP contribution in [0.25, 0.3) is 0 Å². The Morgan fingerprint density at radius 2 is 1.73 bits per heavy atom. The minimum atomic E-state index is -0.280. The molecule has 1 N–H and O–H groups in total. The standard InChI is InChI=1S/C20H20N2O3S/c1-13-4-6-15(7-5-13)12-22-14(2)18(26-20(22)24)19(23)21-16-8-10-17(25-3)11-9-16/h4-11H,12H2,1-3H3,(H,21,23). The molecule has 1 aromatic heterocycles. The fourth-order valence-electron chi connectivity index (χ4n) is 2.61. The van der Waals surface area contributed by atoms with Crippen molar-refractivity contribution in [2.24, 2.45) is 0 Å². The lowest BCUT2D eigenvalue weighted by Crippen LogP contribution is -2.16. The number of nitrogens with zero attached hydrogens (tertiary/aromatic N) is 1. The maximum absolute atomic E-state index is 12.6. The smallest absolute Gasteiger partial charge is 0.308 e. The van der Waals surface area contributed by atoms with E-state index in [4.69, 9.17) is 4.74 Å². The zero-order chi connectivity index (χ0) is 18.7. The number of amides is 1. The Labute approximate surface area is 155 Å². The van der Waals surface area contributed by atoms with Crippen molar-refractivity contribution in [1.82, 2.24) is 4.57 Å². The van der Waals surface area contributed by atoms with Gasteiger partial charge in [0.2, 0.25) is 0 Å². The number of ether oxygens (including phenoxy) is 1. The molecule has 0 saturated carbocycles. The van der Waals surface area contributed by atoms with Crippen molar-refractivity contribution in [2.75, 3.05) is 12.4 Å². The monoisotopic (exact) mass is 368 g/mol. The first kappa shape index (κ1) is 17.9. The third-order valence-corrected chi connectivity index (χ3v) is 5.24. The molecule has 5 nitrogen and oxygen atoms in total. The van der Waals surface area contributed by atoms with Crippen LogP contribution in [0.3, 0.4) is 0 Å². The van der Waals surface area contributed by atoms with Gasteiger partial charge < -0.3 is 10.1 Å². The Hall–Kier alpha value is -2.86. The molecule has 3 rings (SSSR count). The summed E-state index contributed by atoms with van der Waals surface area (Å²) in [5.41, 5.74) is 3.52. The van der Waals surface area contributed by atoms with E-state index in [1.54, 1.807) is 42.9 Å². The number of benzene rings is 2. The average molecular weight is 368 g/mol. The van der Waals surface area contributed by atoms with Gasteiger partial charge in [-0.3, -0.25) is 14.2 Å². The third-order valence-electron chi connectivity index (χ3n) is 4.16. The van der Waals surface area contributed by atoms with Gasteiger partial charge in [0.15, 0.2) is 0 Å². The second-order valence-electron chi connectivity index (χ2n) is 6.04. The van der Waals surface area contributed by atoms with Gasteiger partial charge in [-0.15, -0.1) is 0 Å². The number of hydrogen-bond acceptors (Lipinski definition) is 4. The van der Waals surface area contributed by atoms with Crippen LogP contribution in [0.5, 0.6) is 5.75 Å². The lowest BCUT2D eigenvalue weighted by Gasteiger charge is -2.08. The predicted octanol–water partition coefficient (Wildman–Crippen LogP) is 3.84. The number of carbonyl (C=O) groups is 1. The van der Waals surface area contributed by atoms with Gasteiger partial charge in [-0.1, -0.05) is 41.2 Å². The molecule has 1 heterocycles. The largest absolute Gasteiger partial charge is 0.497 e. The van der Waals surface area contributed by atoms with E-state index in [0.29, 0.717) is 28.6 Å². The molecule has 0 spiro atoms. The van der Waals surface area contributed by atoms with Crippen LogP contribution in [0.15, 0.2) is 53.3 Å². The molecule has 0 saturated heterocycles. The maximum Gasteiger partial charge on any atom is 0.308 e. The van der Waals surface area contributed by atoms with Crippen LogP contribution in [0, 0.1) is 13.8 Å². The van der Waals surface area contributed by atoms with E-state index < -0.39 is 0 Å². The highest BCUT2D eigenvalue weighted by Crippen LogP contribution is 2.19. The Morgan fingerprint density at radius 3 is 2.35 bits per heavy atom. The quantitative estimate of drug-likeness (QED) is 0.744. The number of thiazole rings is 1. The first-order valence-electron chi connectivity index (χ1n) is 8.19. The second kappa shape index (κ2) is 7.58. The topological polar surface area (TPSA) is 60.3 Å². The first-order valence-corrected chi connectivity index (χ1v) is 9.01. The van der Waals surface area contributed by atoms with Gasteiger partial charge in [-0.05, 0) is 43.7 Å². The lowest BCUT2D eigenvalue weighted by atomic mass is 10.1. The third kappa shape index (κ3) is 3.86. The average Bonchev–Trinajstić information content (AvgIpc) is 2.92. The fraction of sp³-hybridized carbons (Fsp3) is 0.200. The summed E-state index contributed by atoms with van der Waals surface area (Å²) in [5.74, 6) is 0.436. The Morgan fingerprint density at radius 1 is 1.08 bits per heavy atom. The van der Waals surface area contributed by atoms with Crippen LogP contribution in [-0.4, -0.2) is 17.6 Å². The van der Waals surface area contributed by atoms with Crippen molar-refractivity contribution in [3.63, 3.8) is 0 Å². The van der Waals surface area contributed by atoms with E-state index in [1.807, 2.05) is 31.2 Å². The van der Waals surface area contributed by atoms with Crippen LogP contribution in [-0.2, 0) is 6.54 Å². The van der Waals surface area contributed by atoms with E-state index in [9.17, 15) is 9.59 Å². The molecule has 2 aromatic carbocycles. The molecular weight excluding hydrogens is 348 g/mol. The lowest BCUT2D eigenvalue weighted by molar-refractivity contribution is 0.102. The summed E-state index contributed by atoms with van der Waals surface area (Å²) >= 11 is 0.969. The highest BCUT2D eigenvalue weighted by molar-refractivity contribution is 7.11. The molecule has 0 radical (unpaired) electrons. The second-order valence-corrected chi connectivity index (χ2v) is 7.00. The molecule has 0 atom stereocenters. The van der Waals surface area contributed by atoms with Crippen molar-refractivity contribution in [3.05, 3.63) is 79.9 Å². The van der Waals surface area contributed by atoms with Gasteiger partial charge in [-0.2, -0.15) is 0 Å². The number of rotatable bonds is 5. The number of carbonyl (C=O) groups excluding carboxylic acids is 1. The molecule has 0 aliphatic rings. The zero-order valence-corrected chi connectivity index (χ0v) is 15.7. The van der Waals surface area contributed by atoms with Crippen LogP contribution < -0.4 is 14.9 Å². The van der Waals surface area contributed by atoms with Gasteiger partial charge in [0.05, 0.1) is 13.7 Å². The molecule has 3 aromatic rings. The zero-order valence-electron chi connectivity index (χ0n) is 14.9. The van der Waals surface area contributed by atoms with Crippen LogP contribution in [0.1, 0.15) is 26.5 Å². The van der Waals surface area contributed by atoms with E-state index in [2.05, 4.69) is 5.32 Å². The van der Waals surface area contributed by atoms with Crippen molar-refractivity contribution in [1.29, 1.82) is 0 Å². The first-order chi connectivity index (χ1) is 12.5. The van der Waals surface area contributed by atoms with Crippen molar-refractivity contribution >= 4 is 22.9 Å². The minimum Gasteiger partial charge on any atom is -0.497 e. The molecule has 0 unspecified atom stereocenters. The van der Waals surface area contributed by atoms with Gasteiger partial charge in [0.25, 0.3) is 5.91 Å². The number of anilines is 1. The number of methoxy groups -OCH3 is 1. The SMILES string of the molecule is COc1ccc(NC(=O)c2sc(=O)n(Cc3ccc(C)cc3)c2C)cc1. The normalized spacial score (nSPS) is 10.6. The fourth-order valence-corrected chi connectivity index (χ4v) is 3.50. The number of aryl methyl sites for hydroxylation is 1. The summed E-state index contributed by atoms with van der Waals surface area (Å²) in [6, 6.07) is 15.1. The van der Waals surface area contributed by atoms with Crippen molar-refractivity contribution in [3.8, 4) is 5.75 Å². The van der Waals surface area contributed by atoms with E-state index in [1.165, 1.54) is 5.56 Å². The van der Waals surface area contributed by atoms with Crippen LogP contribution in [0.4, 0.5) is 5.69 Å². The molecule has 0 aliphatic carbocycles. The summed E-state index contributed by atoms with van der Waals surface area (Å²) in [7, 11) is 1.59. The van der Waals surface area contributed by atoms with Crippen molar-refractivity contribution in [2.45, 2.75) is 20.4 Å². The Kier molecular flexibility index (Phi) is 5.23. The maximum atomic E-state index is 12.6. The molecule has 0 fully saturated rings. The molecule has 134 valence electrons. The highest BCUT2D eigenvalue weighted by atomic mass is 32.1. The summed E-state index contributed by atoms with van der Waals surface area (Å²) in [6.07, 6.45) is 0. The summed E-state index contributed by atoms with van der Waals surface area (Å²) in [6.45, 7) is 4.28. The van der Waals surface area contributed by atoms with E-state index in [-0.39, 0.29) is 10.8 Å². The number of hydrogen-bond donors (Lipinski definition) is 1. The van der Waals surface area contributed by atoms with Gasteiger partial charge in [-0.25, -0.2) is 0 Å². The molecule has 1 amide bonds. The Bertz CT molecular complexity index is 970. The Balaban J connectivity index is 1.80. The van der Waals surface area contributed by atoms with Gasteiger partial charge in [0, 0.05) is 11.4 Å². The summed E-state index contributed by atoms with van der Waals surface area (Å²) < 4.78 is 6.74.